The van der Waals surface area contributed by atoms with E-state index in [0.717, 1.165) is 21.2 Å². The van der Waals surface area contributed by atoms with Crippen LogP contribution in [-0.2, 0) is 11.2 Å². The molecule has 1 nitrogen and oxygen atoms in total. The summed E-state index contributed by atoms with van der Waals surface area (Å²) in [4.78, 5) is 11.1. The zero-order valence-electron chi connectivity index (χ0n) is 8.45. The molecule has 0 aliphatic carbocycles. The molecular weight excluding hydrogens is 263 g/mol. The zero-order valence-corrected chi connectivity index (χ0v) is 10.8. The molecule has 0 spiro atoms. The molecule has 0 atom stereocenters. The molecule has 14 heavy (non-hydrogen) atoms. The summed E-state index contributed by atoms with van der Waals surface area (Å²) in [6, 6.07) is 1.87. The smallest absolute Gasteiger partial charge is 0.134 e. The first-order chi connectivity index (χ1) is 6.43. The van der Waals surface area contributed by atoms with Crippen molar-refractivity contribution in [2.24, 2.45) is 0 Å². The van der Waals surface area contributed by atoms with Crippen molar-refractivity contribution in [2.75, 3.05) is 0 Å². The van der Waals surface area contributed by atoms with Crippen LogP contribution < -0.4 is 0 Å². The van der Waals surface area contributed by atoms with Crippen LogP contribution >= 0.6 is 27.5 Å². The first-order valence-electron chi connectivity index (χ1n) is 4.37. The molecule has 0 fully saturated rings. The molecule has 0 bridgehead atoms. The number of carbonyl (C=O) groups is 1. The van der Waals surface area contributed by atoms with Crippen molar-refractivity contribution in [2.45, 2.75) is 27.2 Å². The lowest BCUT2D eigenvalue weighted by molar-refractivity contribution is -0.116. The number of rotatable bonds is 2. The lowest BCUT2D eigenvalue weighted by atomic mass is 9.98. The van der Waals surface area contributed by atoms with Crippen LogP contribution in [0.1, 0.15) is 23.6 Å². The second kappa shape index (κ2) is 4.45. The first kappa shape index (κ1) is 11.7. The number of halogens is 2. The van der Waals surface area contributed by atoms with E-state index in [1.54, 1.807) is 6.92 Å². The highest BCUT2D eigenvalue weighted by molar-refractivity contribution is 9.10. The van der Waals surface area contributed by atoms with Crippen molar-refractivity contribution in [3.8, 4) is 0 Å². The van der Waals surface area contributed by atoms with E-state index in [-0.39, 0.29) is 5.78 Å². The summed E-state index contributed by atoms with van der Waals surface area (Å²) in [5.74, 6) is 0.158. The van der Waals surface area contributed by atoms with E-state index in [9.17, 15) is 4.79 Å². The average Bonchev–Trinajstić information content (AvgIpc) is 2.09. The topological polar surface area (TPSA) is 17.1 Å². The first-order valence-corrected chi connectivity index (χ1v) is 5.54. The van der Waals surface area contributed by atoms with E-state index in [0.29, 0.717) is 11.4 Å². The number of ketones is 1. The molecule has 1 aromatic carbocycles. The van der Waals surface area contributed by atoms with E-state index in [1.807, 2.05) is 19.9 Å². The van der Waals surface area contributed by atoms with E-state index < -0.39 is 0 Å². The van der Waals surface area contributed by atoms with E-state index >= 15 is 0 Å². The normalized spacial score (nSPS) is 10.4. The number of benzene rings is 1. The fourth-order valence-electron chi connectivity index (χ4n) is 1.41. The molecule has 0 radical (unpaired) electrons. The van der Waals surface area contributed by atoms with Crippen LogP contribution in [0.3, 0.4) is 0 Å². The van der Waals surface area contributed by atoms with Crippen LogP contribution in [0.4, 0.5) is 0 Å². The minimum Gasteiger partial charge on any atom is -0.300 e. The van der Waals surface area contributed by atoms with E-state index in [2.05, 4.69) is 15.9 Å². The van der Waals surface area contributed by atoms with Gasteiger partial charge in [-0.25, -0.2) is 0 Å². The molecule has 0 aliphatic rings. The van der Waals surface area contributed by atoms with Crippen molar-refractivity contribution >= 4 is 33.3 Å². The molecule has 0 saturated carbocycles. The Morgan fingerprint density at radius 3 is 2.50 bits per heavy atom. The molecule has 0 N–H and O–H groups in total. The third kappa shape index (κ3) is 2.37. The van der Waals surface area contributed by atoms with Gasteiger partial charge in [-0.1, -0.05) is 27.5 Å². The zero-order chi connectivity index (χ0) is 10.9. The quantitative estimate of drug-likeness (QED) is 0.801. The maximum atomic E-state index is 11.1. The highest BCUT2D eigenvalue weighted by atomic mass is 79.9. The van der Waals surface area contributed by atoms with Gasteiger partial charge in [0.25, 0.3) is 0 Å². The Kier molecular flexibility index (Phi) is 3.73. The van der Waals surface area contributed by atoms with Gasteiger partial charge in [-0.15, -0.1) is 0 Å². The van der Waals surface area contributed by atoms with Crippen LogP contribution in [0, 0.1) is 13.8 Å². The predicted molar refractivity (Wildman–Crippen MR) is 63.0 cm³/mol. The second-order valence-corrected chi connectivity index (χ2v) is 4.71. The summed E-state index contributed by atoms with van der Waals surface area (Å²) in [7, 11) is 0. The molecule has 0 amide bonds. The average molecular weight is 276 g/mol. The second-order valence-electron chi connectivity index (χ2n) is 3.45. The highest BCUT2D eigenvalue weighted by Gasteiger charge is 2.11. The van der Waals surface area contributed by atoms with Crippen LogP contribution in [0.15, 0.2) is 10.5 Å². The van der Waals surface area contributed by atoms with Gasteiger partial charge in [-0.2, -0.15) is 0 Å². The van der Waals surface area contributed by atoms with Gasteiger partial charge in [-0.3, -0.25) is 4.79 Å². The maximum Gasteiger partial charge on any atom is 0.134 e. The number of carbonyl (C=O) groups excluding carboxylic acids is 1. The van der Waals surface area contributed by atoms with Crippen molar-refractivity contribution in [1.82, 2.24) is 0 Å². The molecule has 0 aliphatic heterocycles. The monoisotopic (exact) mass is 274 g/mol. The van der Waals surface area contributed by atoms with Gasteiger partial charge in [0.05, 0.1) is 0 Å². The third-order valence-electron chi connectivity index (χ3n) is 2.30. The van der Waals surface area contributed by atoms with Crippen LogP contribution in [0.5, 0.6) is 0 Å². The summed E-state index contributed by atoms with van der Waals surface area (Å²) >= 11 is 9.46. The Balaban J connectivity index is 3.31. The SMILES string of the molecule is CC(=O)Cc1c(C)c(Cl)cc(Br)c1C. The lowest BCUT2D eigenvalue weighted by Gasteiger charge is -2.11. The molecule has 1 rings (SSSR count). The summed E-state index contributed by atoms with van der Waals surface area (Å²) in [5.41, 5.74) is 3.14. The molecule has 0 aromatic heterocycles. The largest absolute Gasteiger partial charge is 0.300 e. The van der Waals surface area contributed by atoms with Gasteiger partial charge in [-0.05, 0) is 43.5 Å². The number of Topliss-reactive ketones (excluding diaryl/α,β-unsaturated/α-hetero) is 1. The van der Waals surface area contributed by atoms with Crippen molar-refractivity contribution < 1.29 is 4.79 Å². The summed E-state index contributed by atoms with van der Waals surface area (Å²) in [6.45, 7) is 5.53. The Hall–Kier alpha value is -0.340. The summed E-state index contributed by atoms with van der Waals surface area (Å²) in [5, 5.41) is 0.707. The van der Waals surface area contributed by atoms with Gasteiger partial charge < -0.3 is 0 Å². The third-order valence-corrected chi connectivity index (χ3v) is 3.52. The Labute approximate surface area is 97.6 Å². The van der Waals surface area contributed by atoms with Crippen LogP contribution in [-0.4, -0.2) is 5.78 Å². The molecule has 3 heteroatoms. The van der Waals surface area contributed by atoms with Crippen molar-refractivity contribution in [1.29, 1.82) is 0 Å². The van der Waals surface area contributed by atoms with Crippen LogP contribution in [0.25, 0.3) is 0 Å². The molecule has 0 heterocycles. The van der Waals surface area contributed by atoms with Gasteiger partial charge in [0, 0.05) is 15.9 Å². The fourth-order valence-corrected chi connectivity index (χ4v) is 2.23. The predicted octanol–water partition coefficient (Wildman–Crippen LogP) is 3.85. The summed E-state index contributed by atoms with van der Waals surface area (Å²) < 4.78 is 0.962. The minimum absolute atomic E-state index is 0.158. The highest BCUT2D eigenvalue weighted by Crippen LogP contribution is 2.29. The van der Waals surface area contributed by atoms with Crippen molar-refractivity contribution in [3.05, 3.63) is 32.3 Å². The number of hydrogen-bond donors (Lipinski definition) is 0. The van der Waals surface area contributed by atoms with Gasteiger partial charge in [0.2, 0.25) is 0 Å². The van der Waals surface area contributed by atoms with Gasteiger partial charge in [0.1, 0.15) is 5.78 Å². The molecule has 76 valence electrons. The van der Waals surface area contributed by atoms with Gasteiger partial charge >= 0.3 is 0 Å². The van der Waals surface area contributed by atoms with Gasteiger partial charge in [0.15, 0.2) is 0 Å². The standard InChI is InChI=1S/C11H12BrClO/c1-6(14)4-9-7(2)10(12)5-11(13)8(9)3/h5H,4H2,1-3H3. The number of hydrogen-bond acceptors (Lipinski definition) is 1. The Bertz CT molecular complexity index is 359. The molecule has 0 unspecified atom stereocenters. The van der Waals surface area contributed by atoms with Crippen LogP contribution in [0.2, 0.25) is 5.02 Å². The minimum atomic E-state index is 0.158. The maximum absolute atomic E-state index is 11.1. The van der Waals surface area contributed by atoms with E-state index in [1.165, 1.54) is 0 Å². The van der Waals surface area contributed by atoms with Crippen molar-refractivity contribution in [3.63, 3.8) is 0 Å². The molecule has 1 aromatic rings. The summed E-state index contributed by atoms with van der Waals surface area (Å²) in [6.07, 6.45) is 0.455. The Morgan fingerprint density at radius 2 is 2.00 bits per heavy atom. The van der Waals surface area contributed by atoms with E-state index in [4.69, 9.17) is 11.6 Å². The molecule has 0 saturated heterocycles. The lowest BCUT2D eigenvalue weighted by Crippen LogP contribution is -2.02. The fraction of sp³-hybridized carbons (Fsp3) is 0.364. The Morgan fingerprint density at radius 1 is 1.43 bits per heavy atom. The molecular formula is C11H12BrClO.